The van der Waals surface area contributed by atoms with E-state index < -0.39 is 12.0 Å². The van der Waals surface area contributed by atoms with Crippen LogP contribution in [0.1, 0.15) is 38.5 Å². The average molecular weight is 558 g/mol. The van der Waals surface area contributed by atoms with Gasteiger partial charge in [-0.15, -0.1) is 0 Å². The summed E-state index contributed by atoms with van der Waals surface area (Å²) in [4.78, 5) is 18.5. The number of phenols is 1. The molecule has 4 aromatic rings. The molecule has 1 N–H and O–H groups in total. The fourth-order valence-electron chi connectivity index (χ4n) is 8.03. The largest absolute Gasteiger partial charge is 0.508 e. The van der Waals surface area contributed by atoms with Crippen molar-refractivity contribution in [3.05, 3.63) is 48.4 Å². The fourth-order valence-corrected chi connectivity index (χ4v) is 8.03. The van der Waals surface area contributed by atoms with Gasteiger partial charge in [-0.25, -0.2) is 8.78 Å². The Balaban J connectivity index is 1.24. The number of nitrogens with zero attached hydrogens (tertiary/aromatic N) is 5. The monoisotopic (exact) mass is 557 g/mol. The number of aromatic nitrogens is 3. The molecule has 3 saturated heterocycles. The van der Waals surface area contributed by atoms with Gasteiger partial charge in [0.25, 0.3) is 0 Å². The van der Waals surface area contributed by atoms with Gasteiger partial charge in [0, 0.05) is 37.8 Å². The zero-order valence-electron chi connectivity index (χ0n) is 22.9. The Bertz CT molecular complexity index is 1650. The molecule has 2 aromatic carbocycles. The molecule has 212 valence electrons. The number of pyridine rings is 1. The minimum absolute atomic E-state index is 0.0410. The third kappa shape index (κ3) is 4.19. The summed E-state index contributed by atoms with van der Waals surface area (Å²) in [7, 11) is 0. The van der Waals surface area contributed by atoms with E-state index in [0.717, 1.165) is 43.2 Å². The number of anilines is 1. The maximum atomic E-state index is 16.5. The molecule has 9 heteroatoms. The summed E-state index contributed by atoms with van der Waals surface area (Å²) in [5.74, 6) is 1.32. The van der Waals surface area contributed by atoms with E-state index in [1.807, 2.05) is 24.3 Å². The summed E-state index contributed by atoms with van der Waals surface area (Å²) >= 11 is 0. The predicted molar refractivity (Wildman–Crippen MR) is 153 cm³/mol. The molecular formula is C32H33F2N5O2. The lowest BCUT2D eigenvalue weighted by Gasteiger charge is -2.34. The zero-order chi connectivity index (χ0) is 27.7. The van der Waals surface area contributed by atoms with Crippen molar-refractivity contribution in [1.29, 1.82) is 0 Å². The Morgan fingerprint density at radius 3 is 2.73 bits per heavy atom. The van der Waals surface area contributed by atoms with Crippen molar-refractivity contribution in [1.82, 2.24) is 19.9 Å². The number of benzene rings is 2. The van der Waals surface area contributed by atoms with Gasteiger partial charge in [0.05, 0.1) is 10.9 Å². The molecule has 0 spiro atoms. The molecule has 4 fully saturated rings. The van der Waals surface area contributed by atoms with Crippen molar-refractivity contribution >= 4 is 27.5 Å². The zero-order valence-corrected chi connectivity index (χ0v) is 22.9. The third-order valence-electron chi connectivity index (χ3n) is 9.88. The van der Waals surface area contributed by atoms with E-state index in [1.54, 1.807) is 18.3 Å². The maximum Gasteiger partial charge on any atom is 0.319 e. The second-order valence-corrected chi connectivity index (χ2v) is 12.5. The highest BCUT2D eigenvalue weighted by Crippen LogP contribution is 2.43. The first kappa shape index (κ1) is 25.1. The molecule has 2 aromatic heterocycles. The number of halogens is 2. The van der Waals surface area contributed by atoms with Crippen LogP contribution in [-0.4, -0.2) is 69.5 Å². The second-order valence-electron chi connectivity index (χ2n) is 12.5. The smallest absolute Gasteiger partial charge is 0.319 e. The van der Waals surface area contributed by atoms with Crippen LogP contribution in [0.4, 0.5) is 14.6 Å². The highest BCUT2D eigenvalue weighted by atomic mass is 19.1. The van der Waals surface area contributed by atoms with Crippen LogP contribution < -0.4 is 9.64 Å². The summed E-state index contributed by atoms with van der Waals surface area (Å²) in [6.45, 7) is 3.31. The molecule has 0 radical (unpaired) electrons. The Hall–Kier alpha value is -3.59. The summed E-state index contributed by atoms with van der Waals surface area (Å²) < 4.78 is 37.2. The molecule has 0 amide bonds. The topological polar surface area (TPSA) is 74.6 Å². The van der Waals surface area contributed by atoms with Crippen LogP contribution in [0.25, 0.3) is 32.9 Å². The number of fused-ring (bicyclic) bond motifs is 5. The molecule has 41 heavy (non-hydrogen) atoms. The first-order chi connectivity index (χ1) is 20.0. The number of aromatic hydroxyl groups is 1. The number of alkyl halides is 1. The van der Waals surface area contributed by atoms with Crippen molar-refractivity contribution < 1.29 is 18.6 Å². The van der Waals surface area contributed by atoms with E-state index in [-0.39, 0.29) is 35.1 Å². The van der Waals surface area contributed by atoms with Gasteiger partial charge in [-0.3, -0.25) is 9.88 Å². The maximum absolute atomic E-state index is 16.5. The molecule has 2 bridgehead atoms. The Morgan fingerprint density at radius 1 is 1.05 bits per heavy atom. The third-order valence-corrected chi connectivity index (χ3v) is 9.88. The normalized spacial score (nSPS) is 27.7. The molecule has 8 rings (SSSR count). The predicted octanol–water partition coefficient (Wildman–Crippen LogP) is 5.88. The highest BCUT2D eigenvalue weighted by Gasteiger charge is 2.49. The molecule has 7 nitrogen and oxygen atoms in total. The van der Waals surface area contributed by atoms with Crippen LogP contribution in [0, 0.1) is 17.7 Å². The first-order valence-electron chi connectivity index (χ1n) is 14.8. The van der Waals surface area contributed by atoms with Gasteiger partial charge >= 0.3 is 6.01 Å². The van der Waals surface area contributed by atoms with Crippen LogP contribution in [0.15, 0.2) is 42.6 Å². The minimum Gasteiger partial charge on any atom is -0.508 e. The molecule has 4 atom stereocenters. The molecule has 4 aliphatic rings. The molecule has 5 heterocycles. The number of hydrogen-bond acceptors (Lipinski definition) is 7. The van der Waals surface area contributed by atoms with Gasteiger partial charge in [0.2, 0.25) is 0 Å². The number of rotatable bonds is 5. The number of phenolic OH excluding ortho intramolecular Hbond substituents is 1. The molecular weight excluding hydrogens is 524 g/mol. The van der Waals surface area contributed by atoms with Gasteiger partial charge in [0.1, 0.15) is 35.6 Å². The second kappa shape index (κ2) is 9.48. The highest BCUT2D eigenvalue weighted by molar-refractivity contribution is 5.99. The Morgan fingerprint density at radius 2 is 1.88 bits per heavy atom. The van der Waals surface area contributed by atoms with Gasteiger partial charge in [-0.1, -0.05) is 24.3 Å². The number of piperidine rings is 1. The van der Waals surface area contributed by atoms with E-state index in [1.165, 1.54) is 19.3 Å². The van der Waals surface area contributed by atoms with E-state index in [0.29, 0.717) is 41.6 Å². The van der Waals surface area contributed by atoms with Gasteiger partial charge in [-0.2, -0.15) is 9.97 Å². The van der Waals surface area contributed by atoms with Gasteiger partial charge < -0.3 is 14.7 Å². The van der Waals surface area contributed by atoms with Crippen LogP contribution >= 0.6 is 0 Å². The van der Waals surface area contributed by atoms with Gasteiger partial charge in [-0.05, 0) is 73.4 Å². The van der Waals surface area contributed by atoms with E-state index in [9.17, 15) is 9.50 Å². The summed E-state index contributed by atoms with van der Waals surface area (Å²) in [6.07, 6.45) is 6.76. The van der Waals surface area contributed by atoms with E-state index >= 15 is 4.39 Å². The summed E-state index contributed by atoms with van der Waals surface area (Å²) in [5.41, 5.74) is 0.412. The van der Waals surface area contributed by atoms with E-state index in [2.05, 4.69) is 19.8 Å². The van der Waals surface area contributed by atoms with Crippen molar-refractivity contribution in [3.63, 3.8) is 0 Å². The van der Waals surface area contributed by atoms with Crippen molar-refractivity contribution in [2.75, 3.05) is 37.7 Å². The van der Waals surface area contributed by atoms with Crippen LogP contribution in [0.3, 0.4) is 0 Å². The van der Waals surface area contributed by atoms with Crippen molar-refractivity contribution in [2.24, 2.45) is 11.8 Å². The first-order valence-corrected chi connectivity index (χ1v) is 14.8. The van der Waals surface area contributed by atoms with Crippen LogP contribution in [0.2, 0.25) is 0 Å². The average Bonchev–Trinajstić information content (AvgIpc) is 3.61. The SMILES string of the molecule is Oc1cc(-c2ncc3c(N4CC5CCC(C5)C4)nc(OC[C@@]45CCCN4C[C@H](F)C5)nc3c2F)c2ccccc2c1. The minimum atomic E-state index is -0.862. The standard InChI is InChI=1S/C32H33F2N5O2/c33-22-13-32(8-3-9-39(32)17-22)18-41-31-36-29-26(30(37-31)38-15-19-6-7-20(10-19)16-38)14-35-28(27(29)34)25-12-23(40)11-21-4-1-2-5-24(21)25/h1-2,4-5,11-12,14,19-20,22,40H,3,6-10,13,15-18H2/t19?,20?,22-,32+/m1/s1. The lowest BCUT2D eigenvalue weighted by Crippen LogP contribution is -2.43. The summed E-state index contributed by atoms with van der Waals surface area (Å²) in [5, 5.41) is 12.6. The van der Waals surface area contributed by atoms with Crippen LogP contribution in [-0.2, 0) is 0 Å². The molecule has 1 saturated carbocycles. The Kier molecular flexibility index (Phi) is 5.81. The number of hydrogen-bond donors (Lipinski definition) is 1. The van der Waals surface area contributed by atoms with Gasteiger partial charge in [0.15, 0.2) is 5.82 Å². The van der Waals surface area contributed by atoms with Crippen molar-refractivity contribution in [3.8, 4) is 23.0 Å². The number of ether oxygens (including phenoxy) is 1. The van der Waals surface area contributed by atoms with Crippen LogP contribution in [0.5, 0.6) is 11.8 Å². The lowest BCUT2D eigenvalue weighted by molar-refractivity contribution is 0.107. The van der Waals surface area contributed by atoms with E-state index in [4.69, 9.17) is 9.72 Å². The lowest BCUT2D eigenvalue weighted by atomic mass is 9.95. The quantitative estimate of drug-likeness (QED) is 0.328. The molecule has 1 aliphatic carbocycles. The summed E-state index contributed by atoms with van der Waals surface area (Å²) in [6, 6.07) is 10.9. The molecule has 2 unspecified atom stereocenters. The fraction of sp³-hybridized carbons (Fsp3) is 0.469. The van der Waals surface area contributed by atoms with Crippen molar-refractivity contribution in [2.45, 2.75) is 50.2 Å². The molecule has 3 aliphatic heterocycles. The Labute approximate surface area is 237 Å².